The van der Waals surface area contributed by atoms with E-state index < -0.39 is 23.4 Å². The van der Waals surface area contributed by atoms with E-state index in [9.17, 15) is 18.0 Å². The highest BCUT2D eigenvalue weighted by Crippen LogP contribution is 2.28. The molecule has 0 saturated heterocycles. The first-order chi connectivity index (χ1) is 14.9. The molecule has 0 heterocycles. The zero-order valence-electron chi connectivity index (χ0n) is 16.2. The van der Waals surface area contributed by atoms with E-state index in [1.807, 2.05) is 6.07 Å². The van der Waals surface area contributed by atoms with Crippen LogP contribution >= 0.6 is 22.6 Å². The zero-order chi connectivity index (χ0) is 22.4. The van der Waals surface area contributed by atoms with Crippen LogP contribution in [0.2, 0.25) is 0 Å². The number of aryl methyl sites for hydroxylation is 1. The molecular weight excluding hydrogens is 520 g/mol. The molecule has 31 heavy (non-hydrogen) atoms. The van der Waals surface area contributed by atoms with Gasteiger partial charge in [0.1, 0.15) is 12.4 Å². The SMILES string of the molecule is Cc1cc(I)ccc1Nc1c(C(=O)NOCC#Cc2ccccc2F)ccc(F)c1F. The van der Waals surface area contributed by atoms with Gasteiger partial charge in [0.25, 0.3) is 5.91 Å². The first-order valence-corrected chi connectivity index (χ1v) is 10.1. The van der Waals surface area contributed by atoms with Gasteiger partial charge in [0, 0.05) is 9.26 Å². The molecule has 0 saturated carbocycles. The number of halogens is 4. The fraction of sp³-hybridized carbons (Fsp3) is 0.0870. The number of carbonyl (C=O) groups is 1. The highest BCUT2D eigenvalue weighted by atomic mass is 127. The molecule has 0 aliphatic rings. The van der Waals surface area contributed by atoms with E-state index in [0.717, 1.165) is 21.3 Å². The van der Waals surface area contributed by atoms with Gasteiger partial charge in [-0.3, -0.25) is 9.63 Å². The minimum absolute atomic E-state index is 0.154. The molecule has 3 rings (SSSR count). The largest absolute Gasteiger partial charge is 0.352 e. The standard InChI is InChI=1S/C23H16F3IN2O2/c1-14-13-16(27)8-11-20(14)28-22-17(9-10-19(25)21(22)26)23(30)29-31-12-4-6-15-5-2-3-7-18(15)24/h2-3,5,7-11,13,28H,12H2,1H3,(H,29,30). The first kappa shape index (κ1) is 22.7. The molecule has 0 spiro atoms. The van der Waals surface area contributed by atoms with Crippen molar-refractivity contribution in [2.24, 2.45) is 0 Å². The summed E-state index contributed by atoms with van der Waals surface area (Å²) in [7, 11) is 0. The summed E-state index contributed by atoms with van der Waals surface area (Å²) in [6, 6.07) is 13.3. The maximum absolute atomic E-state index is 14.5. The number of rotatable bonds is 5. The highest BCUT2D eigenvalue weighted by Gasteiger charge is 2.19. The molecule has 8 heteroatoms. The van der Waals surface area contributed by atoms with Crippen molar-refractivity contribution in [3.05, 3.63) is 92.3 Å². The molecule has 3 aromatic carbocycles. The Morgan fingerprint density at radius 1 is 1.06 bits per heavy atom. The second-order valence-electron chi connectivity index (χ2n) is 6.37. The van der Waals surface area contributed by atoms with Gasteiger partial charge in [-0.05, 0) is 77.5 Å². The van der Waals surface area contributed by atoms with Crippen molar-refractivity contribution in [1.29, 1.82) is 0 Å². The smallest absolute Gasteiger partial charge is 0.277 e. The lowest BCUT2D eigenvalue weighted by molar-refractivity contribution is 0.0438. The van der Waals surface area contributed by atoms with Crippen LogP contribution < -0.4 is 10.8 Å². The Bertz CT molecular complexity index is 1190. The average molecular weight is 536 g/mol. The third kappa shape index (κ3) is 5.77. The molecule has 0 bridgehead atoms. The summed E-state index contributed by atoms with van der Waals surface area (Å²) in [5, 5.41) is 2.78. The maximum atomic E-state index is 14.5. The Kier molecular flexibility index (Phi) is 7.55. The van der Waals surface area contributed by atoms with Gasteiger partial charge in [-0.25, -0.2) is 18.7 Å². The van der Waals surface area contributed by atoms with Crippen molar-refractivity contribution in [3.8, 4) is 11.8 Å². The predicted molar refractivity (Wildman–Crippen MR) is 120 cm³/mol. The molecule has 2 N–H and O–H groups in total. The summed E-state index contributed by atoms with van der Waals surface area (Å²) in [6.07, 6.45) is 0. The molecule has 0 aromatic heterocycles. The molecule has 1 amide bonds. The summed E-state index contributed by atoms with van der Waals surface area (Å²) in [6.45, 7) is 1.57. The van der Waals surface area contributed by atoms with Crippen LogP contribution in [0.4, 0.5) is 24.5 Å². The van der Waals surface area contributed by atoms with Crippen LogP contribution in [0.1, 0.15) is 21.5 Å². The van der Waals surface area contributed by atoms with E-state index in [1.54, 1.807) is 31.2 Å². The maximum Gasteiger partial charge on any atom is 0.277 e. The summed E-state index contributed by atoms with van der Waals surface area (Å²) < 4.78 is 42.8. The van der Waals surface area contributed by atoms with Crippen LogP contribution in [-0.2, 0) is 4.84 Å². The summed E-state index contributed by atoms with van der Waals surface area (Å²) in [4.78, 5) is 17.5. The molecule has 158 valence electrons. The Labute approximate surface area is 190 Å². The zero-order valence-corrected chi connectivity index (χ0v) is 18.4. The number of anilines is 2. The van der Waals surface area contributed by atoms with Crippen molar-refractivity contribution in [2.45, 2.75) is 6.92 Å². The van der Waals surface area contributed by atoms with Gasteiger partial charge in [0.15, 0.2) is 11.6 Å². The summed E-state index contributed by atoms with van der Waals surface area (Å²) >= 11 is 2.14. The van der Waals surface area contributed by atoms with Gasteiger partial charge in [0.05, 0.1) is 16.8 Å². The fourth-order valence-electron chi connectivity index (χ4n) is 2.65. The van der Waals surface area contributed by atoms with Crippen LogP contribution in [0.3, 0.4) is 0 Å². The van der Waals surface area contributed by atoms with Crippen LogP contribution in [0, 0.1) is 39.8 Å². The van der Waals surface area contributed by atoms with Gasteiger partial charge in [-0.15, -0.1) is 0 Å². The van der Waals surface area contributed by atoms with Gasteiger partial charge in [0.2, 0.25) is 0 Å². The minimum atomic E-state index is -1.19. The lowest BCUT2D eigenvalue weighted by Gasteiger charge is -2.15. The number of hydroxylamine groups is 1. The van der Waals surface area contributed by atoms with Gasteiger partial charge < -0.3 is 5.32 Å². The molecule has 0 atom stereocenters. The molecule has 0 unspecified atom stereocenters. The Hall–Kier alpha value is -3.03. The number of hydrogen-bond acceptors (Lipinski definition) is 3. The van der Waals surface area contributed by atoms with Crippen LogP contribution in [0.15, 0.2) is 54.6 Å². The van der Waals surface area contributed by atoms with Gasteiger partial charge >= 0.3 is 0 Å². The average Bonchev–Trinajstić information content (AvgIpc) is 2.74. The lowest BCUT2D eigenvalue weighted by Crippen LogP contribution is -2.25. The Morgan fingerprint density at radius 3 is 2.58 bits per heavy atom. The third-order valence-electron chi connectivity index (χ3n) is 4.19. The molecule has 3 aromatic rings. The summed E-state index contributed by atoms with van der Waals surface area (Å²) in [5.74, 6) is 1.58. The van der Waals surface area contributed by atoms with E-state index in [1.165, 1.54) is 12.1 Å². The van der Waals surface area contributed by atoms with E-state index in [0.29, 0.717) is 5.69 Å². The number of nitrogens with one attached hydrogen (secondary N) is 2. The van der Waals surface area contributed by atoms with E-state index in [2.05, 4.69) is 45.2 Å². The van der Waals surface area contributed by atoms with Crippen LogP contribution in [0.25, 0.3) is 0 Å². The van der Waals surface area contributed by atoms with Crippen LogP contribution in [-0.4, -0.2) is 12.5 Å². The monoisotopic (exact) mass is 536 g/mol. The van der Waals surface area contributed by atoms with Gasteiger partial charge in [-0.1, -0.05) is 24.0 Å². The van der Waals surface area contributed by atoms with E-state index >= 15 is 0 Å². The topological polar surface area (TPSA) is 50.4 Å². The summed E-state index contributed by atoms with van der Waals surface area (Å²) in [5.41, 5.74) is 3.17. The fourth-order valence-corrected chi connectivity index (χ4v) is 3.30. The number of amides is 1. The highest BCUT2D eigenvalue weighted by molar-refractivity contribution is 14.1. The molecule has 0 fully saturated rings. The van der Waals surface area contributed by atoms with Crippen molar-refractivity contribution in [1.82, 2.24) is 5.48 Å². The predicted octanol–water partition coefficient (Wildman–Crippen LogP) is 5.47. The molecule has 0 radical (unpaired) electrons. The third-order valence-corrected chi connectivity index (χ3v) is 4.86. The van der Waals surface area contributed by atoms with Gasteiger partial charge in [-0.2, -0.15) is 0 Å². The Morgan fingerprint density at radius 2 is 1.84 bits per heavy atom. The van der Waals surface area contributed by atoms with Crippen molar-refractivity contribution < 1.29 is 22.8 Å². The first-order valence-electron chi connectivity index (χ1n) is 9.03. The quantitative estimate of drug-likeness (QED) is 0.197. The minimum Gasteiger partial charge on any atom is -0.352 e. The Balaban J connectivity index is 1.72. The lowest BCUT2D eigenvalue weighted by atomic mass is 10.1. The molecule has 0 aliphatic heterocycles. The number of benzene rings is 3. The van der Waals surface area contributed by atoms with E-state index in [4.69, 9.17) is 4.84 Å². The van der Waals surface area contributed by atoms with E-state index in [-0.39, 0.29) is 23.4 Å². The van der Waals surface area contributed by atoms with Crippen molar-refractivity contribution in [2.75, 3.05) is 11.9 Å². The number of hydrogen-bond donors (Lipinski definition) is 2. The normalized spacial score (nSPS) is 10.2. The molecule has 0 aliphatic carbocycles. The van der Waals surface area contributed by atoms with Crippen molar-refractivity contribution in [3.63, 3.8) is 0 Å². The molecular formula is C23H16F3IN2O2. The second kappa shape index (κ2) is 10.3. The second-order valence-corrected chi connectivity index (χ2v) is 7.62. The number of carbonyl (C=O) groups excluding carboxylic acids is 1. The van der Waals surface area contributed by atoms with Crippen LogP contribution in [0.5, 0.6) is 0 Å². The van der Waals surface area contributed by atoms with Crippen molar-refractivity contribution >= 4 is 39.9 Å². The molecule has 4 nitrogen and oxygen atoms in total.